The van der Waals surface area contributed by atoms with Crippen LogP contribution in [0.1, 0.15) is 60.5 Å². The molecule has 1 saturated carbocycles. The highest BCUT2D eigenvalue weighted by Crippen LogP contribution is 2.42. The van der Waals surface area contributed by atoms with Crippen LogP contribution in [0.3, 0.4) is 0 Å². The van der Waals surface area contributed by atoms with Gasteiger partial charge in [-0.3, -0.25) is 14.6 Å². The molecule has 1 aliphatic carbocycles. The molecule has 0 spiro atoms. The first-order valence-corrected chi connectivity index (χ1v) is 11.8. The van der Waals surface area contributed by atoms with Crippen molar-refractivity contribution in [3.8, 4) is 0 Å². The molecule has 170 valence electrons. The Bertz CT molecular complexity index is 918. The second-order valence-corrected chi connectivity index (χ2v) is 9.80. The first-order valence-electron chi connectivity index (χ1n) is 11.8. The van der Waals surface area contributed by atoms with E-state index in [9.17, 15) is 9.90 Å². The quantitative estimate of drug-likeness (QED) is 0.697. The minimum atomic E-state index is -0.792. The molecule has 1 aromatic carbocycles. The van der Waals surface area contributed by atoms with Crippen LogP contribution < -0.4 is 0 Å². The first-order chi connectivity index (χ1) is 15.5. The maximum Gasteiger partial charge on any atom is 0.233 e. The molecule has 2 saturated heterocycles. The normalized spacial score (nSPS) is 29.5. The number of hydrogen-bond acceptors (Lipinski definition) is 5. The van der Waals surface area contributed by atoms with Crippen LogP contribution in [-0.4, -0.2) is 40.9 Å². The Kier molecular flexibility index (Phi) is 6.01. The molecule has 32 heavy (non-hydrogen) atoms. The minimum absolute atomic E-state index is 0.0438. The summed E-state index contributed by atoms with van der Waals surface area (Å²) in [6.45, 7) is 2.75. The molecule has 1 amide bonds. The van der Waals surface area contributed by atoms with Gasteiger partial charge in [-0.1, -0.05) is 30.3 Å². The summed E-state index contributed by atoms with van der Waals surface area (Å²) in [5, 5.41) is 11.9. The molecular weight excluding hydrogens is 404 g/mol. The van der Waals surface area contributed by atoms with Gasteiger partial charge in [0.2, 0.25) is 6.41 Å². The van der Waals surface area contributed by atoms with Gasteiger partial charge in [-0.25, -0.2) is 5.06 Å². The van der Waals surface area contributed by atoms with Crippen molar-refractivity contribution in [1.29, 1.82) is 0 Å². The zero-order valence-corrected chi connectivity index (χ0v) is 18.7. The van der Waals surface area contributed by atoms with Gasteiger partial charge >= 0.3 is 0 Å². The predicted molar refractivity (Wildman–Crippen MR) is 119 cm³/mol. The highest BCUT2D eigenvalue weighted by atomic mass is 16.7. The van der Waals surface area contributed by atoms with Crippen LogP contribution in [0.5, 0.6) is 0 Å². The summed E-state index contributed by atoms with van der Waals surface area (Å²) in [6, 6.07) is 12.4. The zero-order valence-electron chi connectivity index (χ0n) is 18.7. The van der Waals surface area contributed by atoms with Crippen molar-refractivity contribution in [3.63, 3.8) is 0 Å². The predicted octanol–water partition coefficient (Wildman–Crippen LogP) is 3.86. The SMILES string of the molecule is Cc1ccc([C@@H]2C[C@@H](C3CCC(Cc4ccc(C5(O)COC5)cc4)CC3)ON2C=O)cn1. The Morgan fingerprint density at radius 3 is 2.47 bits per heavy atom. The lowest BCUT2D eigenvalue weighted by Gasteiger charge is -2.36. The van der Waals surface area contributed by atoms with Crippen LogP contribution in [0.15, 0.2) is 42.6 Å². The van der Waals surface area contributed by atoms with E-state index >= 15 is 0 Å². The molecule has 0 radical (unpaired) electrons. The Labute approximate surface area is 189 Å². The summed E-state index contributed by atoms with van der Waals surface area (Å²) in [4.78, 5) is 22.1. The van der Waals surface area contributed by atoms with Crippen molar-refractivity contribution in [1.82, 2.24) is 10.0 Å². The van der Waals surface area contributed by atoms with E-state index in [4.69, 9.17) is 9.57 Å². The smallest absolute Gasteiger partial charge is 0.233 e. The molecule has 2 aliphatic heterocycles. The molecule has 3 heterocycles. The third kappa shape index (κ3) is 4.32. The minimum Gasteiger partial charge on any atom is -0.380 e. The van der Waals surface area contributed by atoms with Crippen LogP contribution in [0.4, 0.5) is 0 Å². The van der Waals surface area contributed by atoms with E-state index in [2.05, 4.69) is 17.1 Å². The van der Waals surface area contributed by atoms with Crippen molar-refractivity contribution < 1.29 is 19.5 Å². The summed E-state index contributed by atoms with van der Waals surface area (Å²) < 4.78 is 5.16. The van der Waals surface area contributed by atoms with Crippen LogP contribution in [-0.2, 0) is 26.4 Å². The number of aliphatic hydroxyl groups is 1. The average Bonchev–Trinajstić information content (AvgIpc) is 3.23. The third-order valence-electron chi connectivity index (χ3n) is 7.56. The van der Waals surface area contributed by atoms with Crippen LogP contribution >= 0.6 is 0 Å². The van der Waals surface area contributed by atoms with E-state index in [-0.39, 0.29) is 12.1 Å². The summed E-state index contributed by atoms with van der Waals surface area (Å²) >= 11 is 0. The van der Waals surface area contributed by atoms with E-state index in [0.717, 1.165) is 48.9 Å². The lowest BCUT2D eigenvalue weighted by Crippen LogP contribution is -2.46. The number of rotatable bonds is 6. The Hall–Kier alpha value is -2.28. The second-order valence-electron chi connectivity index (χ2n) is 9.80. The Morgan fingerprint density at radius 2 is 1.88 bits per heavy atom. The van der Waals surface area contributed by atoms with Gasteiger partial charge in [0.25, 0.3) is 0 Å². The number of amides is 1. The highest BCUT2D eigenvalue weighted by molar-refractivity contribution is 5.47. The maximum atomic E-state index is 11.6. The number of hydroxylamine groups is 2. The first kappa shape index (κ1) is 21.6. The third-order valence-corrected chi connectivity index (χ3v) is 7.56. The number of aryl methyl sites for hydroxylation is 1. The van der Waals surface area contributed by atoms with Crippen molar-refractivity contribution >= 4 is 6.41 Å². The monoisotopic (exact) mass is 436 g/mol. The number of benzene rings is 1. The number of aromatic nitrogens is 1. The summed E-state index contributed by atoms with van der Waals surface area (Å²) in [5.41, 5.74) is 3.51. The second kappa shape index (κ2) is 8.93. The van der Waals surface area contributed by atoms with Gasteiger partial charge in [0.05, 0.1) is 25.4 Å². The van der Waals surface area contributed by atoms with E-state index in [1.165, 1.54) is 23.5 Å². The van der Waals surface area contributed by atoms with Gasteiger partial charge in [0.15, 0.2) is 0 Å². The molecular formula is C26H32N2O4. The molecule has 2 aromatic rings. The lowest BCUT2D eigenvalue weighted by molar-refractivity contribution is -0.184. The van der Waals surface area contributed by atoms with Gasteiger partial charge in [-0.05, 0) is 73.6 Å². The molecule has 1 N–H and O–H groups in total. The topological polar surface area (TPSA) is 71.9 Å². The number of nitrogens with zero attached hydrogens (tertiary/aromatic N) is 2. The summed E-state index contributed by atoms with van der Waals surface area (Å²) in [7, 11) is 0. The van der Waals surface area contributed by atoms with Crippen molar-refractivity contribution in [2.75, 3.05) is 13.2 Å². The van der Waals surface area contributed by atoms with E-state index in [1.54, 1.807) is 0 Å². The molecule has 6 heteroatoms. The van der Waals surface area contributed by atoms with Gasteiger partial charge in [-0.2, -0.15) is 0 Å². The number of carbonyl (C=O) groups is 1. The molecule has 5 rings (SSSR count). The van der Waals surface area contributed by atoms with Crippen LogP contribution in [0.2, 0.25) is 0 Å². The molecule has 3 fully saturated rings. The van der Waals surface area contributed by atoms with Gasteiger partial charge in [-0.15, -0.1) is 0 Å². The van der Waals surface area contributed by atoms with Crippen LogP contribution in [0, 0.1) is 18.8 Å². The lowest BCUT2D eigenvalue weighted by atomic mass is 9.76. The fourth-order valence-electron chi connectivity index (χ4n) is 5.44. The number of carbonyl (C=O) groups excluding carboxylic acids is 1. The molecule has 2 atom stereocenters. The van der Waals surface area contributed by atoms with Crippen molar-refractivity contribution in [2.24, 2.45) is 11.8 Å². The van der Waals surface area contributed by atoms with E-state index < -0.39 is 5.60 Å². The maximum absolute atomic E-state index is 11.6. The molecule has 0 bridgehead atoms. The van der Waals surface area contributed by atoms with Gasteiger partial charge in [0, 0.05) is 18.3 Å². The fraction of sp³-hybridized carbons (Fsp3) is 0.538. The zero-order chi connectivity index (χ0) is 22.1. The fourth-order valence-corrected chi connectivity index (χ4v) is 5.44. The largest absolute Gasteiger partial charge is 0.380 e. The van der Waals surface area contributed by atoms with Crippen molar-refractivity contribution in [3.05, 3.63) is 65.0 Å². The van der Waals surface area contributed by atoms with Crippen LogP contribution in [0.25, 0.3) is 0 Å². The number of hydrogen-bond donors (Lipinski definition) is 1. The Morgan fingerprint density at radius 1 is 1.12 bits per heavy atom. The number of ether oxygens (including phenoxy) is 1. The number of pyridine rings is 1. The highest BCUT2D eigenvalue weighted by Gasteiger charge is 2.40. The average molecular weight is 437 g/mol. The summed E-state index contributed by atoms with van der Waals surface area (Å²) in [5.74, 6) is 1.17. The van der Waals surface area contributed by atoms with E-state index in [0.29, 0.717) is 25.0 Å². The molecule has 1 aromatic heterocycles. The molecule has 3 aliphatic rings. The molecule has 6 nitrogen and oxygen atoms in total. The van der Waals surface area contributed by atoms with Gasteiger partial charge < -0.3 is 9.84 Å². The van der Waals surface area contributed by atoms with Gasteiger partial charge in [0.1, 0.15) is 5.60 Å². The Balaban J connectivity index is 1.14. The summed E-state index contributed by atoms with van der Waals surface area (Å²) in [6.07, 6.45) is 9.32. The molecule has 0 unspecified atom stereocenters. The van der Waals surface area contributed by atoms with E-state index in [1.807, 2.05) is 37.4 Å². The van der Waals surface area contributed by atoms with Crippen molar-refractivity contribution in [2.45, 2.75) is 63.2 Å². The standard InChI is InChI=1S/C26H32N2O4/c1-18-2-7-22(14-27-18)24-13-25(32-28(24)17-29)21-8-3-19(4-9-21)12-20-5-10-23(11-6-20)26(30)15-31-16-26/h2,5-7,10-11,14,17,19,21,24-25,30H,3-4,8-9,12-13,15-16H2,1H3/t19?,21?,24-,25-/m0/s1.